The first-order valence-electron chi connectivity index (χ1n) is 1.57. The summed E-state index contributed by atoms with van der Waals surface area (Å²) >= 11 is -1.49. The summed E-state index contributed by atoms with van der Waals surface area (Å²) in [6.07, 6.45) is 0. The topological polar surface area (TPSA) is 52.0 Å². The van der Waals surface area contributed by atoms with Gasteiger partial charge in [-0.15, -0.1) is 0 Å². The van der Waals surface area contributed by atoms with Crippen LogP contribution in [0.1, 0.15) is 0 Å². The monoisotopic (exact) mass is 235 g/mol. The van der Waals surface area contributed by atoms with Gasteiger partial charge in [-0.25, -0.2) is 0 Å². The molecule has 1 unspecified atom stereocenters. The average Bonchev–Trinajstić information content (AvgIpc) is 1.65. The average molecular weight is 236 g/mol. The zero-order valence-corrected chi connectivity index (χ0v) is 6.58. The van der Waals surface area contributed by atoms with E-state index in [1.807, 2.05) is 0 Å². The Morgan fingerprint density at radius 2 is 2.00 bits per heavy atom. The van der Waals surface area contributed by atoms with E-state index >= 15 is 0 Å². The second-order valence-corrected chi connectivity index (χ2v) is 6.71. The van der Waals surface area contributed by atoms with E-state index in [1.54, 1.807) is 0 Å². The number of nitrogens with two attached hydrogens (primary N) is 2. The Labute approximate surface area is 56.4 Å². The number of hydrogen-bond donors (Lipinski definition) is 2. The van der Waals surface area contributed by atoms with Gasteiger partial charge >= 0.3 is 56.3 Å². The van der Waals surface area contributed by atoms with Crippen molar-refractivity contribution in [3.05, 3.63) is 0 Å². The Balaban J connectivity index is 3.14. The molecule has 4 N–H and O–H groups in total. The van der Waals surface area contributed by atoms with E-state index in [9.17, 15) is 0 Å². The predicted molar refractivity (Wildman–Crippen MR) is 28.7 cm³/mol. The molecule has 0 aliphatic heterocycles. The second-order valence-electron chi connectivity index (χ2n) is 0.889. The molecular weight excluding hydrogens is 229 g/mol. The van der Waals surface area contributed by atoms with Crippen LogP contribution in [0.25, 0.3) is 0 Å². The molecule has 0 saturated heterocycles. The molecule has 5 heteroatoms. The molecule has 0 aromatic heterocycles. The normalized spacial score (nSPS) is 16.3. The van der Waals surface area contributed by atoms with Crippen LogP contribution in [0, 0.1) is 0 Å². The summed E-state index contributed by atoms with van der Waals surface area (Å²) in [5.41, 5.74) is 10.4. The number of hydrogen-bond acceptors (Lipinski definition) is 2. The van der Waals surface area contributed by atoms with Gasteiger partial charge in [-0.05, 0) is 0 Å². The molecule has 0 amide bonds. The third-order valence-electron chi connectivity index (χ3n) is 0.388. The third-order valence-corrected chi connectivity index (χ3v) is 3.72. The molecule has 49 valence electrons. The van der Waals surface area contributed by atoms with Crippen LogP contribution in [0.3, 0.4) is 0 Å². The molecule has 0 aliphatic carbocycles. The first kappa shape index (κ1) is 8.16. The van der Waals surface area contributed by atoms with Crippen molar-refractivity contribution in [1.82, 2.24) is 0 Å². The number of rotatable bonds is 2. The molecule has 0 aliphatic rings. The van der Waals surface area contributed by atoms with E-state index < -0.39 is 14.7 Å². The maximum absolute atomic E-state index is 5.41. The Bertz CT molecular complexity index is 51.0. The van der Waals surface area contributed by atoms with Crippen molar-refractivity contribution in [2.24, 2.45) is 11.5 Å². The molecule has 0 fully saturated rings. The van der Waals surface area contributed by atoms with Gasteiger partial charge < -0.3 is 0 Å². The van der Waals surface area contributed by atoms with Crippen molar-refractivity contribution < 1.29 is 14.7 Å². The van der Waals surface area contributed by atoms with Crippen molar-refractivity contribution in [3.8, 4) is 0 Å². The molecule has 0 rings (SSSR count). The molecule has 2 nitrogen and oxygen atoms in total. The summed E-state index contributed by atoms with van der Waals surface area (Å²) in [5, 5.41) is 0. The fourth-order valence-corrected chi connectivity index (χ4v) is 1.00. The summed E-state index contributed by atoms with van der Waals surface area (Å²) in [6, 6.07) is 0. The van der Waals surface area contributed by atoms with Crippen molar-refractivity contribution in [3.63, 3.8) is 0 Å². The second kappa shape index (κ2) is 4.08. The molecule has 0 saturated carbocycles. The van der Waals surface area contributed by atoms with Gasteiger partial charge in [-0.1, -0.05) is 0 Å². The molecular formula is C2H7Cl2N2Pd. The van der Waals surface area contributed by atoms with Crippen molar-refractivity contribution in [1.29, 1.82) is 0 Å². The van der Waals surface area contributed by atoms with Gasteiger partial charge in [0.25, 0.3) is 0 Å². The summed E-state index contributed by atoms with van der Waals surface area (Å²) in [5.74, 6) is 0. The SMILES string of the molecule is NC[CH](N)[Pd]([Cl])[Cl]. The molecule has 7 heavy (non-hydrogen) atoms. The van der Waals surface area contributed by atoms with Gasteiger partial charge in [-0.2, -0.15) is 0 Å². The minimum atomic E-state index is -1.49. The van der Waals surface area contributed by atoms with Crippen molar-refractivity contribution >= 4 is 19.1 Å². The maximum atomic E-state index is 5.41. The minimum absolute atomic E-state index is 0.172. The first-order valence-corrected chi connectivity index (χ1v) is 6.47. The van der Waals surface area contributed by atoms with Crippen LogP contribution in [0.15, 0.2) is 0 Å². The molecule has 0 heterocycles. The summed E-state index contributed by atoms with van der Waals surface area (Å²) in [6.45, 7) is 0.383. The Hall–Kier alpha value is 1.16. The van der Waals surface area contributed by atoms with Gasteiger partial charge in [-0.3, -0.25) is 0 Å². The third kappa shape index (κ3) is 3.72. The summed E-state index contributed by atoms with van der Waals surface area (Å²) in [4.78, 5) is 0. The van der Waals surface area contributed by atoms with E-state index in [-0.39, 0.29) is 4.51 Å². The van der Waals surface area contributed by atoms with Crippen molar-refractivity contribution in [2.45, 2.75) is 4.51 Å². The van der Waals surface area contributed by atoms with Crippen LogP contribution in [0.4, 0.5) is 0 Å². The molecule has 1 atom stereocenters. The van der Waals surface area contributed by atoms with E-state index in [1.165, 1.54) is 0 Å². The van der Waals surface area contributed by atoms with E-state index in [2.05, 4.69) is 0 Å². The van der Waals surface area contributed by atoms with Gasteiger partial charge in [0.05, 0.1) is 0 Å². The van der Waals surface area contributed by atoms with Crippen LogP contribution in [-0.2, 0) is 14.7 Å². The van der Waals surface area contributed by atoms with Crippen LogP contribution in [0.5, 0.6) is 0 Å². The standard InChI is InChI=1S/C2H7N2.2ClH.Pd/c3-1-2-4;;;/h1H,2-4H2;2*1H;/q;;;+2/p-2. The van der Waals surface area contributed by atoms with Gasteiger partial charge in [0, 0.05) is 0 Å². The van der Waals surface area contributed by atoms with Gasteiger partial charge in [0.15, 0.2) is 0 Å². The van der Waals surface area contributed by atoms with E-state index in [0.29, 0.717) is 6.54 Å². The quantitative estimate of drug-likeness (QED) is 0.671. The Kier molecular flexibility index (Phi) is 4.76. The molecule has 0 radical (unpaired) electrons. The van der Waals surface area contributed by atoms with Crippen molar-refractivity contribution in [2.75, 3.05) is 6.54 Å². The molecule has 0 aromatic rings. The van der Waals surface area contributed by atoms with Gasteiger partial charge in [0.2, 0.25) is 0 Å². The fraction of sp³-hybridized carbons (Fsp3) is 1.00. The predicted octanol–water partition coefficient (Wildman–Crippen LogP) is 0.156. The Morgan fingerprint density at radius 3 is 2.00 bits per heavy atom. The zero-order valence-electron chi connectivity index (χ0n) is 3.51. The van der Waals surface area contributed by atoms with Gasteiger partial charge in [0.1, 0.15) is 0 Å². The van der Waals surface area contributed by atoms with Crippen LogP contribution >= 0.6 is 19.1 Å². The molecule has 0 spiro atoms. The van der Waals surface area contributed by atoms with Crippen LogP contribution < -0.4 is 11.5 Å². The van der Waals surface area contributed by atoms with E-state index in [4.69, 9.17) is 30.5 Å². The molecule has 0 aromatic carbocycles. The van der Waals surface area contributed by atoms with Crippen LogP contribution in [-0.4, -0.2) is 11.1 Å². The zero-order chi connectivity index (χ0) is 5.86. The first-order chi connectivity index (χ1) is 3.18. The summed E-state index contributed by atoms with van der Waals surface area (Å²) in [7, 11) is 10.8. The molecule has 0 bridgehead atoms. The van der Waals surface area contributed by atoms with Crippen LogP contribution in [0.2, 0.25) is 0 Å². The number of halogens is 2. The fourth-order valence-electron chi connectivity index (χ4n) is 0.0563. The summed E-state index contributed by atoms with van der Waals surface area (Å²) < 4.78 is -0.172. The van der Waals surface area contributed by atoms with E-state index in [0.717, 1.165) is 0 Å². The Morgan fingerprint density at radius 1 is 1.57 bits per heavy atom.